The Morgan fingerprint density at radius 3 is 1.63 bits per heavy atom. The summed E-state index contributed by atoms with van der Waals surface area (Å²) in [4.78, 5) is 23.9. The first-order valence-electron chi connectivity index (χ1n) is 11.4. The Morgan fingerprint density at radius 1 is 0.867 bits per heavy atom. The van der Waals surface area contributed by atoms with Gasteiger partial charge in [0.2, 0.25) is 11.8 Å². The van der Waals surface area contributed by atoms with Crippen LogP contribution in [0.4, 0.5) is 0 Å². The number of carbonyl (C=O) groups excluding carboxylic acids is 2. The Labute approximate surface area is 186 Å². The zero-order valence-corrected chi connectivity index (χ0v) is 21.5. The summed E-state index contributed by atoms with van der Waals surface area (Å²) in [5, 5.41) is 2.93. The van der Waals surface area contributed by atoms with E-state index in [9.17, 15) is 9.59 Å². The van der Waals surface area contributed by atoms with Crippen LogP contribution in [0.2, 0.25) is 0 Å². The van der Waals surface area contributed by atoms with E-state index in [1.54, 1.807) is 19.0 Å². The monoisotopic (exact) mass is 420 g/mol. The van der Waals surface area contributed by atoms with Crippen molar-refractivity contribution in [3.8, 4) is 0 Å². The third-order valence-corrected chi connectivity index (χ3v) is 5.01. The lowest BCUT2D eigenvalue weighted by atomic mass is 9.99. The van der Waals surface area contributed by atoms with Gasteiger partial charge in [-0.05, 0) is 51.5 Å². The van der Waals surface area contributed by atoms with Crippen molar-refractivity contribution in [2.75, 3.05) is 14.1 Å². The molecule has 0 aliphatic heterocycles. The van der Waals surface area contributed by atoms with E-state index >= 15 is 0 Å². The van der Waals surface area contributed by atoms with Crippen LogP contribution in [0.15, 0.2) is 30.3 Å². The summed E-state index contributed by atoms with van der Waals surface area (Å²) >= 11 is 0. The SMILES string of the molecule is CCC(C)C(=O)N(C)C.CCC(C)C(=O)NC(C)(C)C.CCC(C)c1ccccc1. The highest BCUT2D eigenvalue weighted by atomic mass is 16.2. The minimum absolute atomic E-state index is 0.0967. The summed E-state index contributed by atoms with van der Waals surface area (Å²) in [7, 11) is 3.57. The molecule has 3 atom stereocenters. The average molecular weight is 421 g/mol. The molecule has 3 unspecified atom stereocenters. The third-order valence-electron chi connectivity index (χ3n) is 5.01. The zero-order valence-electron chi connectivity index (χ0n) is 21.5. The summed E-state index contributed by atoms with van der Waals surface area (Å²) in [6.45, 7) is 18.4. The fourth-order valence-corrected chi connectivity index (χ4v) is 2.31. The lowest BCUT2D eigenvalue weighted by Gasteiger charge is -2.22. The fourth-order valence-electron chi connectivity index (χ4n) is 2.31. The second kappa shape index (κ2) is 15.9. The van der Waals surface area contributed by atoms with Gasteiger partial charge < -0.3 is 10.2 Å². The van der Waals surface area contributed by atoms with Crippen molar-refractivity contribution in [2.24, 2.45) is 11.8 Å². The van der Waals surface area contributed by atoms with E-state index in [1.807, 2.05) is 48.5 Å². The van der Waals surface area contributed by atoms with Crippen LogP contribution in [0, 0.1) is 11.8 Å². The molecule has 4 heteroatoms. The second-order valence-electron chi connectivity index (χ2n) is 9.31. The number of carbonyl (C=O) groups is 2. The fraction of sp³-hybridized carbons (Fsp3) is 0.692. The van der Waals surface area contributed by atoms with Gasteiger partial charge in [-0.3, -0.25) is 9.59 Å². The maximum atomic E-state index is 11.3. The first-order chi connectivity index (χ1) is 13.8. The molecular formula is C26H48N2O2. The van der Waals surface area contributed by atoms with Gasteiger partial charge in [-0.15, -0.1) is 0 Å². The van der Waals surface area contributed by atoms with Crippen molar-refractivity contribution in [3.63, 3.8) is 0 Å². The highest BCUT2D eigenvalue weighted by Crippen LogP contribution is 2.16. The molecule has 4 nitrogen and oxygen atoms in total. The number of hydrogen-bond donors (Lipinski definition) is 1. The lowest BCUT2D eigenvalue weighted by molar-refractivity contribution is -0.132. The number of nitrogens with zero attached hydrogens (tertiary/aromatic N) is 1. The van der Waals surface area contributed by atoms with E-state index in [-0.39, 0.29) is 29.2 Å². The molecule has 1 rings (SSSR count). The summed E-state index contributed by atoms with van der Waals surface area (Å²) in [6.07, 6.45) is 3.06. The minimum Gasteiger partial charge on any atom is -0.351 e. The van der Waals surface area contributed by atoms with Crippen LogP contribution in [0.5, 0.6) is 0 Å². The van der Waals surface area contributed by atoms with Crippen molar-refractivity contribution < 1.29 is 9.59 Å². The van der Waals surface area contributed by atoms with Gasteiger partial charge in [0.05, 0.1) is 0 Å². The van der Waals surface area contributed by atoms with Crippen molar-refractivity contribution in [2.45, 2.75) is 93.0 Å². The van der Waals surface area contributed by atoms with E-state index in [0.29, 0.717) is 5.92 Å². The van der Waals surface area contributed by atoms with Crippen molar-refractivity contribution in [1.82, 2.24) is 10.2 Å². The smallest absolute Gasteiger partial charge is 0.224 e. The van der Waals surface area contributed by atoms with Crippen molar-refractivity contribution in [3.05, 3.63) is 35.9 Å². The van der Waals surface area contributed by atoms with Crippen molar-refractivity contribution in [1.29, 1.82) is 0 Å². The van der Waals surface area contributed by atoms with E-state index in [1.165, 1.54) is 12.0 Å². The minimum atomic E-state index is -0.0967. The van der Waals surface area contributed by atoms with Crippen LogP contribution in [0.1, 0.15) is 93.1 Å². The van der Waals surface area contributed by atoms with Gasteiger partial charge in [-0.25, -0.2) is 0 Å². The molecule has 30 heavy (non-hydrogen) atoms. The summed E-state index contributed by atoms with van der Waals surface area (Å²) in [5.74, 6) is 1.40. The molecule has 0 aliphatic rings. The largest absolute Gasteiger partial charge is 0.351 e. The van der Waals surface area contributed by atoms with Crippen LogP contribution >= 0.6 is 0 Å². The van der Waals surface area contributed by atoms with E-state index in [4.69, 9.17) is 0 Å². The van der Waals surface area contributed by atoms with Crippen LogP contribution < -0.4 is 5.32 Å². The molecule has 1 aromatic rings. The van der Waals surface area contributed by atoms with Crippen LogP contribution in [-0.4, -0.2) is 36.3 Å². The van der Waals surface area contributed by atoms with Crippen LogP contribution in [0.3, 0.4) is 0 Å². The van der Waals surface area contributed by atoms with Gasteiger partial charge in [0, 0.05) is 31.5 Å². The van der Waals surface area contributed by atoms with E-state index in [0.717, 1.165) is 12.8 Å². The Hall–Kier alpha value is -1.84. The Morgan fingerprint density at radius 2 is 1.33 bits per heavy atom. The maximum Gasteiger partial charge on any atom is 0.224 e. The molecule has 0 fully saturated rings. The van der Waals surface area contributed by atoms with Gasteiger partial charge in [0.15, 0.2) is 0 Å². The third kappa shape index (κ3) is 15.1. The average Bonchev–Trinajstić information content (AvgIpc) is 2.71. The summed E-state index contributed by atoms with van der Waals surface area (Å²) < 4.78 is 0. The van der Waals surface area contributed by atoms with Gasteiger partial charge in [-0.2, -0.15) is 0 Å². The molecule has 0 saturated heterocycles. The highest BCUT2D eigenvalue weighted by molar-refractivity contribution is 5.78. The molecule has 0 radical (unpaired) electrons. The molecule has 1 N–H and O–H groups in total. The van der Waals surface area contributed by atoms with Crippen LogP contribution in [-0.2, 0) is 9.59 Å². The number of amides is 2. The molecule has 0 bridgehead atoms. The first kappa shape index (κ1) is 30.4. The van der Waals surface area contributed by atoms with Gasteiger partial charge >= 0.3 is 0 Å². The molecule has 1 aromatic carbocycles. The molecule has 174 valence electrons. The molecule has 0 saturated carbocycles. The molecule has 0 spiro atoms. The van der Waals surface area contributed by atoms with E-state index < -0.39 is 0 Å². The van der Waals surface area contributed by atoms with Gasteiger partial charge in [-0.1, -0.05) is 71.9 Å². The predicted molar refractivity (Wildman–Crippen MR) is 131 cm³/mol. The molecular weight excluding hydrogens is 372 g/mol. The lowest BCUT2D eigenvalue weighted by Crippen LogP contribution is -2.43. The predicted octanol–water partition coefficient (Wildman–Crippen LogP) is 6.27. The number of hydrogen-bond acceptors (Lipinski definition) is 2. The second-order valence-corrected chi connectivity index (χ2v) is 9.31. The Kier molecular flexibility index (Phi) is 16.1. The topological polar surface area (TPSA) is 49.4 Å². The molecule has 2 amide bonds. The Balaban J connectivity index is 0. The standard InChI is InChI=1S/C10H14.C9H19NO.C7H15NO/c1-3-9(2)10-7-5-4-6-8-10;1-6-7(2)8(11)10-9(3,4)5;1-5-6(2)7(9)8(3)4/h4-9H,3H2,1-2H3;7H,6H2,1-5H3,(H,10,11);6H,5H2,1-4H3. The number of benzene rings is 1. The van der Waals surface area contributed by atoms with Gasteiger partial charge in [0.1, 0.15) is 0 Å². The zero-order chi connectivity index (χ0) is 23.9. The normalized spacial score (nSPS) is 13.4. The Bertz CT molecular complexity index is 576. The van der Waals surface area contributed by atoms with Gasteiger partial charge in [0.25, 0.3) is 0 Å². The summed E-state index contributed by atoms with van der Waals surface area (Å²) in [5.41, 5.74) is 1.35. The number of nitrogens with one attached hydrogen (secondary N) is 1. The highest BCUT2D eigenvalue weighted by Gasteiger charge is 2.17. The number of rotatable bonds is 6. The quantitative estimate of drug-likeness (QED) is 0.590. The summed E-state index contributed by atoms with van der Waals surface area (Å²) in [6, 6.07) is 10.6. The van der Waals surface area contributed by atoms with Crippen molar-refractivity contribution >= 4 is 11.8 Å². The van der Waals surface area contributed by atoms with Crippen LogP contribution in [0.25, 0.3) is 0 Å². The molecule has 0 heterocycles. The molecule has 0 aromatic heterocycles. The molecule has 0 aliphatic carbocycles. The van der Waals surface area contributed by atoms with E-state index in [2.05, 4.69) is 49.5 Å². The first-order valence-corrected chi connectivity index (χ1v) is 11.4. The maximum absolute atomic E-state index is 11.3.